The van der Waals surface area contributed by atoms with Gasteiger partial charge in [-0.05, 0) is 37.0 Å². The van der Waals surface area contributed by atoms with E-state index in [0.717, 1.165) is 37.0 Å². The van der Waals surface area contributed by atoms with Gasteiger partial charge in [0.25, 0.3) is 0 Å². The summed E-state index contributed by atoms with van der Waals surface area (Å²) in [5.41, 5.74) is 5.80. The fourth-order valence-corrected chi connectivity index (χ4v) is 2.56. The molecule has 0 saturated heterocycles. The minimum absolute atomic E-state index is 0.0787. The van der Waals surface area contributed by atoms with Gasteiger partial charge in [-0.1, -0.05) is 0 Å². The van der Waals surface area contributed by atoms with Gasteiger partial charge in [0.1, 0.15) is 6.20 Å². The predicted octanol–water partition coefficient (Wildman–Crippen LogP) is 1.73. The van der Waals surface area contributed by atoms with Crippen LogP contribution >= 0.6 is 11.3 Å². The van der Waals surface area contributed by atoms with Crippen LogP contribution in [0.3, 0.4) is 0 Å². The van der Waals surface area contributed by atoms with Gasteiger partial charge >= 0.3 is 5.00 Å². The highest BCUT2D eigenvalue weighted by Crippen LogP contribution is 2.28. The highest BCUT2D eigenvalue weighted by atomic mass is 32.1. The van der Waals surface area contributed by atoms with Crippen LogP contribution in [0.4, 0.5) is 10.1 Å². The van der Waals surface area contributed by atoms with Crippen LogP contribution in [0, 0.1) is 10.1 Å². The van der Waals surface area contributed by atoms with Gasteiger partial charge in [0.05, 0.1) is 4.92 Å². The Labute approximate surface area is 97.0 Å². The van der Waals surface area contributed by atoms with Gasteiger partial charge < -0.3 is 11.1 Å². The average Bonchev–Trinajstić information content (AvgIpc) is 2.70. The van der Waals surface area contributed by atoms with Gasteiger partial charge in [0.15, 0.2) is 5.13 Å². The Hall–Kier alpha value is -1.21. The summed E-state index contributed by atoms with van der Waals surface area (Å²) in [5, 5.41) is 14.4. The lowest BCUT2D eigenvalue weighted by Gasteiger charge is -2.26. The van der Waals surface area contributed by atoms with Crippen LogP contribution in [0.25, 0.3) is 0 Å². The summed E-state index contributed by atoms with van der Waals surface area (Å²) in [6, 6.07) is 0.661. The van der Waals surface area contributed by atoms with Gasteiger partial charge in [-0.15, -0.1) is 0 Å². The van der Waals surface area contributed by atoms with Crippen molar-refractivity contribution in [3.05, 3.63) is 16.3 Å². The summed E-state index contributed by atoms with van der Waals surface area (Å²) in [6.07, 6.45) is 5.32. The summed E-state index contributed by atoms with van der Waals surface area (Å²) in [7, 11) is 0. The van der Waals surface area contributed by atoms with E-state index in [9.17, 15) is 10.1 Å². The van der Waals surface area contributed by atoms with Crippen LogP contribution in [0.1, 0.15) is 25.7 Å². The van der Waals surface area contributed by atoms with E-state index in [1.54, 1.807) is 0 Å². The topological polar surface area (TPSA) is 94.1 Å². The summed E-state index contributed by atoms with van der Waals surface area (Å²) in [6.45, 7) is 0. The maximum Gasteiger partial charge on any atom is 0.345 e. The molecule has 7 heteroatoms. The normalized spacial score (nSPS) is 25.3. The molecule has 1 heterocycles. The molecule has 0 atom stereocenters. The first kappa shape index (κ1) is 11.3. The largest absolute Gasteiger partial charge is 0.359 e. The molecule has 0 spiro atoms. The molecule has 88 valence electrons. The Kier molecular flexibility index (Phi) is 3.35. The van der Waals surface area contributed by atoms with Crippen molar-refractivity contribution in [1.82, 2.24) is 4.98 Å². The van der Waals surface area contributed by atoms with E-state index in [1.807, 2.05) is 0 Å². The molecule has 1 aromatic heterocycles. The Morgan fingerprint density at radius 2 is 2.19 bits per heavy atom. The van der Waals surface area contributed by atoms with Crippen molar-refractivity contribution in [2.75, 3.05) is 5.32 Å². The Morgan fingerprint density at radius 3 is 2.75 bits per heavy atom. The molecule has 1 aromatic rings. The van der Waals surface area contributed by atoms with Crippen LogP contribution in [-0.4, -0.2) is 22.0 Å². The Balaban J connectivity index is 1.91. The second-order valence-electron chi connectivity index (χ2n) is 4.02. The molecular weight excluding hydrogens is 228 g/mol. The maximum atomic E-state index is 10.5. The molecule has 6 nitrogen and oxygen atoms in total. The van der Waals surface area contributed by atoms with E-state index in [0.29, 0.717) is 17.2 Å². The minimum atomic E-state index is -0.417. The molecule has 16 heavy (non-hydrogen) atoms. The molecule has 0 aliphatic heterocycles. The zero-order valence-corrected chi connectivity index (χ0v) is 9.57. The molecule has 1 fully saturated rings. The van der Waals surface area contributed by atoms with Gasteiger partial charge in [0, 0.05) is 12.1 Å². The van der Waals surface area contributed by atoms with E-state index in [2.05, 4.69) is 10.3 Å². The minimum Gasteiger partial charge on any atom is -0.359 e. The highest BCUT2D eigenvalue weighted by molar-refractivity contribution is 7.18. The van der Waals surface area contributed by atoms with Crippen molar-refractivity contribution in [2.45, 2.75) is 37.8 Å². The van der Waals surface area contributed by atoms with Crippen molar-refractivity contribution in [1.29, 1.82) is 0 Å². The number of nitrogens with two attached hydrogens (primary N) is 1. The van der Waals surface area contributed by atoms with Crippen molar-refractivity contribution < 1.29 is 4.92 Å². The van der Waals surface area contributed by atoms with Crippen molar-refractivity contribution in [3.63, 3.8) is 0 Å². The first-order valence-electron chi connectivity index (χ1n) is 5.27. The molecular formula is C9H14N4O2S. The summed E-state index contributed by atoms with van der Waals surface area (Å²) in [5.74, 6) is 0. The lowest BCUT2D eigenvalue weighted by atomic mass is 9.92. The van der Waals surface area contributed by atoms with Crippen molar-refractivity contribution in [3.8, 4) is 0 Å². The number of thiazole rings is 1. The van der Waals surface area contributed by atoms with Crippen molar-refractivity contribution >= 4 is 21.5 Å². The second-order valence-corrected chi connectivity index (χ2v) is 5.03. The molecule has 3 N–H and O–H groups in total. The van der Waals surface area contributed by atoms with Crippen LogP contribution in [0.15, 0.2) is 6.20 Å². The highest BCUT2D eigenvalue weighted by Gasteiger charge is 2.20. The average molecular weight is 242 g/mol. The number of hydrogen-bond acceptors (Lipinski definition) is 6. The lowest BCUT2D eigenvalue weighted by Crippen LogP contribution is -2.32. The zero-order valence-electron chi connectivity index (χ0n) is 8.76. The molecule has 1 aliphatic rings. The molecule has 1 saturated carbocycles. The van der Waals surface area contributed by atoms with Crippen LogP contribution in [0.5, 0.6) is 0 Å². The third-order valence-electron chi connectivity index (χ3n) is 2.77. The maximum absolute atomic E-state index is 10.5. The summed E-state index contributed by atoms with van der Waals surface area (Å²) >= 11 is 1.08. The monoisotopic (exact) mass is 242 g/mol. The molecule has 1 aliphatic carbocycles. The molecule has 0 amide bonds. The van der Waals surface area contributed by atoms with Gasteiger partial charge in [-0.3, -0.25) is 10.1 Å². The smallest absolute Gasteiger partial charge is 0.345 e. The number of nitro groups is 1. The summed E-state index contributed by atoms with van der Waals surface area (Å²) in [4.78, 5) is 14.0. The van der Waals surface area contributed by atoms with E-state index >= 15 is 0 Å². The van der Waals surface area contributed by atoms with Crippen LogP contribution in [0.2, 0.25) is 0 Å². The Morgan fingerprint density at radius 1 is 1.50 bits per heavy atom. The number of hydrogen-bond donors (Lipinski definition) is 2. The first-order valence-corrected chi connectivity index (χ1v) is 6.09. The third kappa shape index (κ3) is 2.67. The van der Waals surface area contributed by atoms with Gasteiger partial charge in [-0.2, -0.15) is 0 Å². The molecule has 0 radical (unpaired) electrons. The fraction of sp³-hybridized carbons (Fsp3) is 0.667. The SMILES string of the molecule is NC1CCC(Nc2ncc([N+](=O)[O-])s2)CC1. The number of nitrogens with one attached hydrogen (secondary N) is 1. The van der Waals surface area contributed by atoms with Crippen LogP contribution in [-0.2, 0) is 0 Å². The van der Waals surface area contributed by atoms with E-state index in [1.165, 1.54) is 6.20 Å². The molecule has 2 rings (SSSR count). The lowest BCUT2D eigenvalue weighted by molar-refractivity contribution is -0.380. The number of anilines is 1. The second kappa shape index (κ2) is 4.75. The number of aromatic nitrogens is 1. The first-order chi connectivity index (χ1) is 7.65. The zero-order chi connectivity index (χ0) is 11.5. The van der Waals surface area contributed by atoms with Crippen LogP contribution < -0.4 is 11.1 Å². The standard InChI is InChI=1S/C9H14N4O2S/c10-6-1-3-7(4-2-6)12-9-11-5-8(16-9)13(14)15/h5-7H,1-4,10H2,(H,11,12). The Bertz CT molecular complexity index is 373. The molecule has 0 unspecified atom stereocenters. The predicted molar refractivity (Wildman–Crippen MR) is 62.6 cm³/mol. The number of rotatable bonds is 3. The van der Waals surface area contributed by atoms with E-state index < -0.39 is 4.92 Å². The summed E-state index contributed by atoms with van der Waals surface area (Å²) < 4.78 is 0. The van der Waals surface area contributed by atoms with Crippen molar-refractivity contribution in [2.24, 2.45) is 5.73 Å². The quantitative estimate of drug-likeness (QED) is 0.622. The van der Waals surface area contributed by atoms with E-state index in [-0.39, 0.29) is 5.00 Å². The fourth-order valence-electron chi connectivity index (χ4n) is 1.85. The molecule has 0 aromatic carbocycles. The van der Waals surface area contributed by atoms with E-state index in [4.69, 9.17) is 5.73 Å². The van der Waals surface area contributed by atoms with Gasteiger partial charge in [-0.25, -0.2) is 4.98 Å². The molecule has 0 bridgehead atoms. The third-order valence-corrected chi connectivity index (χ3v) is 3.65. The van der Waals surface area contributed by atoms with Gasteiger partial charge in [0.2, 0.25) is 0 Å². The number of nitrogens with zero attached hydrogens (tertiary/aromatic N) is 2.